The van der Waals surface area contributed by atoms with Crippen molar-refractivity contribution in [3.8, 4) is 6.07 Å². The van der Waals surface area contributed by atoms with Crippen LogP contribution in [0, 0.1) is 18.3 Å². The van der Waals surface area contributed by atoms with Crippen LogP contribution in [0.4, 0.5) is 0 Å². The predicted octanol–water partition coefficient (Wildman–Crippen LogP) is 4.04. The van der Waals surface area contributed by atoms with E-state index < -0.39 is 0 Å². The van der Waals surface area contributed by atoms with Gasteiger partial charge < -0.3 is 0 Å². The monoisotopic (exact) mass is 219 g/mol. The minimum absolute atomic E-state index is 0.693. The van der Waals surface area contributed by atoms with Gasteiger partial charge >= 0.3 is 0 Å². The summed E-state index contributed by atoms with van der Waals surface area (Å²) in [5.41, 5.74) is 4.28. The van der Waals surface area contributed by atoms with Gasteiger partial charge in [0.1, 0.15) is 0 Å². The van der Waals surface area contributed by atoms with Crippen molar-refractivity contribution in [3.05, 3.63) is 70.8 Å². The molecule has 82 valence electrons. The maximum absolute atomic E-state index is 8.70. The van der Waals surface area contributed by atoms with E-state index in [0.29, 0.717) is 5.56 Å². The molecule has 0 N–H and O–H groups in total. The van der Waals surface area contributed by atoms with Crippen molar-refractivity contribution in [2.24, 2.45) is 0 Å². The van der Waals surface area contributed by atoms with E-state index >= 15 is 0 Å². The van der Waals surface area contributed by atoms with Crippen LogP contribution in [0.15, 0.2) is 48.5 Å². The molecule has 0 aliphatic carbocycles. The number of hydrogen-bond donors (Lipinski definition) is 0. The molecule has 0 atom stereocenters. The largest absolute Gasteiger partial charge is 0.192 e. The highest BCUT2D eigenvalue weighted by Crippen LogP contribution is 2.12. The van der Waals surface area contributed by atoms with Crippen LogP contribution in [0.2, 0.25) is 0 Å². The van der Waals surface area contributed by atoms with Gasteiger partial charge in [-0.25, -0.2) is 0 Å². The van der Waals surface area contributed by atoms with Crippen molar-refractivity contribution in [3.63, 3.8) is 0 Å². The Morgan fingerprint density at radius 2 is 1.65 bits per heavy atom. The highest BCUT2D eigenvalue weighted by Gasteiger charge is 1.92. The Morgan fingerprint density at radius 1 is 0.941 bits per heavy atom. The molecule has 0 bridgehead atoms. The van der Waals surface area contributed by atoms with E-state index in [9.17, 15) is 0 Å². The van der Waals surface area contributed by atoms with Crippen LogP contribution in [-0.2, 0) is 0 Å². The first kappa shape index (κ1) is 11.2. The summed E-state index contributed by atoms with van der Waals surface area (Å²) in [6, 6.07) is 17.9. The number of rotatable bonds is 2. The van der Waals surface area contributed by atoms with Gasteiger partial charge in [-0.15, -0.1) is 0 Å². The fourth-order valence-corrected chi connectivity index (χ4v) is 1.63. The molecule has 0 saturated carbocycles. The molecule has 0 aromatic heterocycles. The SMILES string of the molecule is Cc1ccccc1/C=C/c1ccc(C#N)cc1. The smallest absolute Gasteiger partial charge is 0.0991 e. The van der Waals surface area contributed by atoms with Gasteiger partial charge in [0, 0.05) is 0 Å². The lowest BCUT2D eigenvalue weighted by Crippen LogP contribution is -1.79. The van der Waals surface area contributed by atoms with E-state index in [1.807, 2.05) is 36.4 Å². The van der Waals surface area contributed by atoms with Crippen LogP contribution in [0.5, 0.6) is 0 Å². The molecule has 2 aromatic carbocycles. The Morgan fingerprint density at radius 3 is 2.29 bits per heavy atom. The number of hydrogen-bond acceptors (Lipinski definition) is 1. The summed E-state index contributed by atoms with van der Waals surface area (Å²) in [4.78, 5) is 0. The van der Waals surface area contributed by atoms with E-state index in [0.717, 1.165) is 5.56 Å². The number of nitriles is 1. The fraction of sp³-hybridized carbons (Fsp3) is 0.0625. The molecule has 0 aliphatic rings. The minimum Gasteiger partial charge on any atom is -0.192 e. The van der Waals surface area contributed by atoms with Gasteiger partial charge in [-0.2, -0.15) is 5.26 Å². The van der Waals surface area contributed by atoms with Gasteiger partial charge in [-0.3, -0.25) is 0 Å². The quantitative estimate of drug-likeness (QED) is 0.699. The zero-order chi connectivity index (χ0) is 12.1. The zero-order valence-corrected chi connectivity index (χ0v) is 9.72. The van der Waals surface area contributed by atoms with Crippen molar-refractivity contribution in [2.75, 3.05) is 0 Å². The third-order valence-electron chi connectivity index (χ3n) is 2.68. The lowest BCUT2D eigenvalue weighted by atomic mass is 10.1. The first-order valence-corrected chi connectivity index (χ1v) is 5.53. The van der Waals surface area contributed by atoms with Crippen molar-refractivity contribution in [1.29, 1.82) is 5.26 Å². The zero-order valence-electron chi connectivity index (χ0n) is 9.72. The first-order chi connectivity index (χ1) is 8.29. The Bertz CT molecular complexity index is 571. The third kappa shape index (κ3) is 2.83. The molecule has 0 spiro atoms. The van der Waals surface area contributed by atoms with Crippen LogP contribution >= 0.6 is 0 Å². The molecule has 0 saturated heterocycles. The molecule has 1 nitrogen and oxygen atoms in total. The molecule has 0 aliphatic heterocycles. The summed E-state index contributed by atoms with van der Waals surface area (Å²) in [5, 5.41) is 8.70. The van der Waals surface area contributed by atoms with Crippen molar-refractivity contribution in [1.82, 2.24) is 0 Å². The molecule has 2 rings (SSSR count). The summed E-state index contributed by atoms with van der Waals surface area (Å²) < 4.78 is 0. The van der Waals surface area contributed by atoms with Gasteiger partial charge in [0.05, 0.1) is 11.6 Å². The minimum atomic E-state index is 0.693. The third-order valence-corrected chi connectivity index (χ3v) is 2.68. The normalized spacial score (nSPS) is 10.4. The molecular formula is C16H13N. The molecule has 17 heavy (non-hydrogen) atoms. The molecule has 0 unspecified atom stereocenters. The fourth-order valence-electron chi connectivity index (χ4n) is 1.63. The Hall–Kier alpha value is -2.33. The van der Waals surface area contributed by atoms with Crippen molar-refractivity contribution < 1.29 is 0 Å². The number of benzene rings is 2. The Labute approximate surface area is 102 Å². The van der Waals surface area contributed by atoms with E-state index in [4.69, 9.17) is 5.26 Å². The highest BCUT2D eigenvalue weighted by molar-refractivity contribution is 5.71. The average molecular weight is 219 g/mol. The molecule has 1 heteroatoms. The van der Waals surface area contributed by atoms with Crippen LogP contribution in [0.1, 0.15) is 22.3 Å². The lowest BCUT2D eigenvalue weighted by Gasteiger charge is -1.98. The van der Waals surface area contributed by atoms with Gasteiger partial charge in [-0.05, 0) is 35.7 Å². The average Bonchev–Trinajstić information content (AvgIpc) is 2.38. The maximum atomic E-state index is 8.70. The molecule has 0 fully saturated rings. The second-order valence-corrected chi connectivity index (χ2v) is 3.92. The Balaban J connectivity index is 2.21. The molecule has 2 aromatic rings. The number of aryl methyl sites for hydroxylation is 1. The van der Waals surface area contributed by atoms with Crippen molar-refractivity contribution >= 4 is 12.2 Å². The van der Waals surface area contributed by atoms with E-state index in [1.165, 1.54) is 11.1 Å². The van der Waals surface area contributed by atoms with E-state index in [1.54, 1.807) is 0 Å². The Kier molecular flexibility index (Phi) is 3.37. The van der Waals surface area contributed by atoms with E-state index in [2.05, 4.69) is 37.3 Å². The molecule has 0 radical (unpaired) electrons. The summed E-state index contributed by atoms with van der Waals surface area (Å²) in [6.07, 6.45) is 4.15. The highest BCUT2D eigenvalue weighted by atomic mass is 14.2. The van der Waals surface area contributed by atoms with Crippen LogP contribution in [0.25, 0.3) is 12.2 Å². The standard InChI is InChI=1S/C16H13N/c1-13-4-2-3-5-16(13)11-10-14-6-8-15(12-17)9-7-14/h2-11H,1H3/b11-10+. The number of nitrogens with zero attached hydrogens (tertiary/aromatic N) is 1. The van der Waals surface area contributed by atoms with Gasteiger partial charge in [0.25, 0.3) is 0 Å². The topological polar surface area (TPSA) is 23.8 Å². The molecule has 0 heterocycles. The van der Waals surface area contributed by atoms with Gasteiger partial charge in [-0.1, -0.05) is 48.6 Å². The molecule has 0 amide bonds. The lowest BCUT2D eigenvalue weighted by molar-refractivity contribution is 1.45. The second kappa shape index (κ2) is 5.14. The van der Waals surface area contributed by atoms with Crippen LogP contribution < -0.4 is 0 Å². The van der Waals surface area contributed by atoms with Gasteiger partial charge in [0.15, 0.2) is 0 Å². The van der Waals surface area contributed by atoms with Crippen molar-refractivity contribution in [2.45, 2.75) is 6.92 Å². The van der Waals surface area contributed by atoms with E-state index in [-0.39, 0.29) is 0 Å². The maximum Gasteiger partial charge on any atom is 0.0991 e. The van der Waals surface area contributed by atoms with Crippen LogP contribution in [0.3, 0.4) is 0 Å². The van der Waals surface area contributed by atoms with Gasteiger partial charge in [0.2, 0.25) is 0 Å². The summed E-state index contributed by atoms with van der Waals surface area (Å²) in [5.74, 6) is 0. The summed E-state index contributed by atoms with van der Waals surface area (Å²) in [7, 11) is 0. The summed E-state index contributed by atoms with van der Waals surface area (Å²) >= 11 is 0. The predicted molar refractivity (Wildman–Crippen MR) is 71.3 cm³/mol. The first-order valence-electron chi connectivity index (χ1n) is 5.53. The summed E-state index contributed by atoms with van der Waals surface area (Å²) in [6.45, 7) is 2.10. The molecular weight excluding hydrogens is 206 g/mol. The second-order valence-electron chi connectivity index (χ2n) is 3.92. The van der Waals surface area contributed by atoms with Crippen LogP contribution in [-0.4, -0.2) is 0 Å².